The van der Waals surface area contributed by atoms with Crippen molar-refractivity contribution < 1.29 is 9.47 Å². The fraction of sp³-hybridized carbons (Fsp3) is 0.296. The zero-order chi connectivity index (χ0) is 26.6. The summed E-state index contributed by atoms with van der Waals surface area (Å²) < 4.78 is 15.1. The third-order valence-electron chi connectivity index (χ3n) is 6.82. The minimum Gasteiger partial charge on any atom is -0.497 e. The molecule has 0 spiro atoms. The Hall–Kier alpha value is -2.56. The van der Waals surface area contributed by atoms with Gasteiger partial charge in [0.15, 0.2) is 5.16 Å². The Morgan fingerprint density at radius 2 is 1.89 bits per heavy atom. The molecule has 1 aliphatic rings. The third kappa shape index (κ3) is 4.30. The molecule has 3 aromatic heterocycles. The topological polar surface area (TPSA) is 70.7 Å². The zero-order valence-corrected chi connectivity index (χ0v) is 24.0. The number of benzene rings is 2. The molecule has 0 N–H and O–H groups in total. The van der Waals surface area contributed by atoms with E-state index in [4.69, 9.17) is 32.7 Å². The van der Waals surface area contributed by atoms with Gasteiger partial charge in [-0.25, -0.2) is 8.97 Å². The normalized spacial score (nSPS) is 15.5. The molecule has 38 heavy (non-hydrogen) atoms. The van der Waals surface area contributed by atoms with Gasteiger partial charge >= 0.3 is 0 Å². The lowest BCUT2D eigenvalue weighted by Gasteiger charge is -2.26. The van der Waals surface area contributed by atoms with Crippen LogP contribution >= 0.6 is 46.3 Å². The maximum absolute atomic E-state index is 14.2. The number of hydrogen-bond donors (Lipinski definition) is 0. The number of hydrogen-bond acceptors (Lipinski definition) is 7. The molecule has 0 fully saturated rings. The van der Waals surface area contributed by atoms with Gasteiger partial charge in [0.2, 0.25) is 5.78 Å². The molecule has 11 heteroatoms. The largest absolute Gasteiger partial charge is 0.497 e. The van der Waals surface area contributed by atoms with E-state index in [9.17, 15) is 4.79 Å². The Balaban J connectivity index is 1.57. The first-order chi connectivity index (χ1) is 18.4. The van der Waals surface area contributed by atoms with Gasteiger partial charge in [0.1, 0.15) is 10.6 Å². The van der Waals surface area contributed by atoms with Crippen molar-refractivity contribution in [3.05, 3.63) is 78.9 Å². The SMILES string of the molecule is COc1ccc(-n2c(=O)c3c4c(sc3n3c(SCc5c(Cl)cccc5Cl)nnc23)COC(C(C)C)C4)cc1. The van der Waals surface area contributed by atoms with Crippen LogP contribution in [0.2, 0.25) is 10.0 Å². The van der Waals surface area contributed by atoms with Crippen LogP contribution in [0.5, 0.6) is 5.75 Å². The number of ether oxygens (including phenoxy) is 2. The predicted octanol–water partition coefficient (Wildman–Crippen LogP) is 6.80. The Labute approximate surface area is 237 Å². The molecular weight excluding hydrogens is 563 g/mol. The van der Waals surface area contributed by atoms with E-state index in [1.165, 1.54) is 11.8 Å². The first-order valence-electron chi connectivity index (χ1n) is 12.1. The van der Waals surface area contributed by atoms with Crippen molar-refractivity contribution in [2.24, 2.45) is 5.92 Å². The van der Waals surface area contributed by atoms with Gasteiger partial charge in [-0.05, 0) is 53.4 Å². The number of aromatic nitrogens is 4. The van der Waals surface area contributed by atoms with E-state index < -0.39 is 0 Å². The van der Waals surface area contributed by atoms with Crippen molar-refractivity contribution in [3.8, 4) is 11.4 Å². The van der Waals surface area contributed by atoms with E-state index in [-0.39, 0.29) is 11.7 Å². The molecule has 0 radical (unpaired) electrons. The summed E-state index contributed by atoms with van der Waals surface area (Å²) in [6, 6.07) is 12.8. The van der Waals surface area contributed by atoms with Gasteiger partial charge in [0, 0.05) is 27.1 Å². The van der Waals surface area contributed by atoms with Crippen molar-refractivity contribution in [1.29, 1.82) is 0 Å². The Morgan fingerprint density at radius 3 is 2.58 bits per heavy atom. The van der Waals surface area contributed by atoms with Gasteiger partial charge in [-0.15, -0.1) is 21.5 Å². The molecule has 5 aromatic rings. The van der Waals surface area contributed by atoms with E-state index in [2.05, 4.69) is 24.0 Å². The van der Waals surface area contributed by atoms with E-state index >= 15 is 0 Å². The van der Waals surface area contributed by atoms with Crippen LogP contribution < -0.4 is 10.3 Å². The van der Waals surface area contributed by atoms with Crippen LogP contribution in [0.4, 0.5) is 0 Å². The summed E-state index contributed by atoms with van der Waals surface area (Å²) in [4.78, 5) is 16.1. The summed E-state index contributed by atoms with van der Waals surface area (Å²) in [5.41, 5.74) is 2.46. The lowest BCUT2D eigenvalue weighted by molar-refractivity contribution is 0.00200. The summed E-state index contributed by atoms with van der Waals surface area (Å²) in [6.45, 7) is 4.78. The van der Waals surface area contributed by atoms with Crippen molar-refractivity contribution in [2.75, 3.05) is 7.11 Å². The van der Waals surface area contributed by atoms with Gasteiger partial charge < -0.3 is 9.47 Å². The van der Waals surface area contributed by atoms with E-state index in [0.717, 1.165) is 20.8 Å². The van der Waals surface area contributed by atoms with Crippen LogP contribution in [-0.4, -0.2) is 32.4 Å². The number of methoxy groups -OCH3 is 1. The van der Waals surface area contributed by atoms with E-state index in [1.807, 2.05) is 46.9 Å². The molecule has 1 atom stereocenters. The molecule has 0 amide bonds. The molecule has 2 aromatic carbocycles. The van der Waals surface area contributed by atoms with Crippen molar-refractivity contribution >= 4 is 62.3 Å². The summed E-state index contributed by atoms with van der Waals surface area (Å²) in [5.74, 6) is 2.00. The molecule has 0 saturated heterocycles. The zero-order valence-electron chi connectivity index (χ0n) is 20.9. The third-order valence-corrected chi connectivity index (χ3v) is 9.68. The number of nitrogens with zero attached hydrogens (tertiary/aromatic N) is 4. The predicted molar refractivity (Wildman–Crippen MR) is 154 cm³/mol. The highest BCUT2D eigenvalue weighted by atomic mass is 35.5. The molecule has 6 rings (SSSR count). The first-order valence-corrected chi connectivity index (χ1v) is 14.7. The van der Waals surface area contributed by atoms with Gasteiger partial charge in [-0.1, -0.05) is 54.9 Å². The second-order valence-corrected chi connectivity index (χ2v) is 12.3. The van der Waals surface area contributed by atoms with Crippen molar-refractivity contribution in [2.45, 2.75) is 43.9 Å². The Bertz CT molecular complexity index is 1710. The quantitative estimate of drug-likeness (QED) is 0.204. The number of fused-ring (bicyclic) bond motifs is 5. The molecule has 196 valence electrons. The smallest absolute Gasteiger partial charge is 0.268 e. The highest BCUT2D eigenvalue weighted by molar-refractivity contribution is 7.98. The second-order valence-electron chi connectivity index (χ2n) is 9.43. The number of thioether (sulfide) groups is 1. The minimum absolute atomic E-state index is 0.0574. The van der Waals surface area contributed by atoms with Crippen LogP contribution in [0, 0.1) is 5.92 Å². The van der Waals surface area contributed by atoms with Crippen LogP contribution in [-0.2, 0) is 23.5 Å². The molecular formula is C27H24Cl2N4O3S2. The van der Waals surface area contributed by atoms with Crippen LogP contribution in [0.3, 0.4) is 0 Å². The fourth-order valence-electron chi connectivity index (χ4n) is 4.73. The van der Waals surface area contributed by atoms with E-state index in [1.54, 1.807) is 23.0 Å². The van der Waals surface area contributed by atoms with Gasteiger partial charge in [0.25, 0.3) is 5.56 Å². The average Bonchev–Trinajstić information content (AvgIpc) is 3.50. The lowest BCUT2D eigenvalue weighted by atomic mass is 9.96. The molecule has 0 saturated carbocycles. The first kappa shape index (κ1) is 25.7. The van der Waals surface area contributed by atoms with Crippen molar-refractivity contribution in [3.63, 3.8) is 0 Å². The Morgan fingerprint density at radius 1 is 1.16 bits per heavy atom. The van der Waals surface area contributed by atoms with E-state index in [0.29, 0.717) is 62.5 Å². The van der Waals surface area contributed by atoms with Crippen LogP contribution in [0.25, 0.3) is 21.7 Å². The van der Waals surface area contributed by atoms with Gasteiger partial charge in [-0.2, -0.15) is 0 Å². The highest BCUT2D eigenvalue weighted by Crippen LogP contribution is 2.38. The summed E-state index contributed by atoms with van der Waals surface area (Å²) in [5, 5.41) is 11.5. The maximum atomic E-state index is 14.2. The van der Waals surface area contributed by atoms with Gasteiger partial charge in [0.05, 0.1) is 30.9 Å². The molecule has 0 aliphatic carbocycles. The molecule has 0 bridgehead atoms. The minimum atomic E-state index is -0.113. The van der Waals surface area contributed by atoms with Gasteiger partial charge in [-0.3, -0.25) is 4.79 Å². The summed E-state index contributed by atoms with van der Waals surface area (Å²) >= 11 is 15.9. The van der Waals surface area contributed by atoms with Crippen LogP contribution in [0.1, 0.15) is 29.9 Å². The molecule has 1 aliphatic heterocycles. The average molecular weight is 588 g/mol. The fourth-order valence-corrected chi connectivity index (χ4v) is 7.70. The second kappa shape index (κ2) is 10.2. The lowest BCUT2D eigenvalue weighted by Crippen LogP contribution is -2.28. The number of rotatable bonds is 6. The monoisotopic (exact) mass is 586 g/mol. The summed E-state index contributed by atoms with van der Waals surface area (Å²) in [7, 11) is 1.61. The maximum Gasteiger partial charge on any atom is 0.268 e. The standard InChI is InChI=1S/C27H24Cl2N4O3S2/c1-14(2)21-11-17-22(12-36-21)38-25-23(17)24(34)32(15-7-9-16(35-3)10-8-15)26-30-31-27(33(25)26)37-13-18-19(28)5-4-6-20(18)29/h4-10,14,21H,11-13H2,1-3H3. The molecule has 4 heterocycles. The number of halogens is 2. The Kier molecular flexibility index (Phi) is 6.90. The van der Waals surface area contributed by atoms with Crippen LogP contribution in [0.15, 0.2) is 52.4 Å². The number of thiophene rings is 1. The molecule has 7 nitrogen and oxygen atoms in total. The highest BCUT2D eigenvalue weighted by Gasteiger charge is 2.30. The van der Waals surface area contributed by atoms with Crippen molar-refractivity contribution in [1.82, 2.24) is 19.2 Å². The summed E-state index contributed by atoms with van der Waals surface area (Å²) in [6.07, 6.45) is 0.748. The molecule has 1 unspecified atom stereocenters.